The van der Waals surface area contributed by atoms with Crippen molar-refractivity contribution in [1.82, 2.24) is 9.80 Å². The summed E-state index contributed by atoms with van der Waals surface area (Å²) in [5, 5.41) is 9.50. The fraction of sp³-hybridized carbons (Fsp3) is 0.917. The molecule has 0 radical (unpaired) electrons. The van der Waals surface area contributed by atoms with Gasteiger partial charge in [0.1, 0.15) is 5.54 Å². The molecule has 0 spiro atoms. The van der Waals surface area contributed by atoms with Crippen LogP contribution in [0.4, 0.5) is 0 Å². The quantitative estimate of drug-likeness (QED) is 0.652. The Bertz CT molecular complexity index is 252. The van der Waals surface area contributed by atoms with E-state index in [0.717, 1.165) is 39.0 Å². The smallest absolute Gasteiger partial charge is 0.110 e. The van der Waals surface area contributed by atoms with Crippen LogP contribution in [0.2, 0.25) is 0 Å². The standard InChI is InChI=1S/C12H21N3/c1-14-7-4-5-12(11-13,6-10-14)15-8-2-3-9-15/h2-10H2,1H3. The van der Waals surface area contributed by atoms with E-state index in [0.29, 0.717) is 0 Å². The summed E-state index contributed by atoms with van der Waals surface area (Å²) in [6.07, 6.45) is 5.81. The molecule has 0 aromatic rings. The average molecular weight is 207 g/mol. The Hall–Kier alpha value is -0.590. The van der Waals surface area contributed by atoms with Crippen molar-refractivity contribution in [2.75, 3.05) is 33.2 Å². The number of nitriles is 1. The van der Waals surface area contributed by atoms with Crippen LogP contribution in [-0.2, 0) is 0 Å². The van der Waals surface area contributed by atoms with Crippen molar-refractivity contribution in [3.05, 3.63) is 0 Å². The number of hydrogen-bond acceptors (Lipinski definition) is 3. The summed E-state index contributed by atoms with van der Waals surface area (Å²) in [4.78, 5) is 4.79. The monoisotopic (exact) mass is 207 g/mol. The maximum atomic E-state index is 9.50. The molecule has 3 nitrogen and oxygen atoms in total. The third-order valence-electron chi connectivity index (χ3n) is 3.96. The molecule has 0 aromatic carbocycles. The molecule has 0 saturated carbocycles. The molecule has 2 saturated heterocycles. The van der Waals surface area contributed by atoms with Crippen LogP contribution in [-0.4, -0.2) is 48.6 Å². The first kappa shape index (κ1) is 10.9. The summed E-state index contributed by atoms with van der Waals surface area (Å²) in [7, 11) is 2.16. The molecule has 0 N–H and O–H groups in total. The molecule has 2 aliphatic rings. The predicted molar refractivity (Wildman–Crippen MR) is 60.5 cm³/mol. The van der Waals surface area contributed by atoms with E-state index in [1.54, 1.807) is 0 Å². The number of hydrogen-bond donors (Lipinski definition) is 0. The molecular formula is C12H21N3. The van der Waals surface area contributed by atoms with Gasteiger partial charge in [0.15, 0.2) is 0 Å². The van der Waals surface area contributed by atoms with Gasteiger partial charge in [0.25, 0.3) is 0 Å². The van der Waals surface area contributed by atoms with Crippen molar-refractivity contribution < 1.29 is 0 Å². The molecule has 2 aliphatic heterocycles. The van der Waals surface area contributed by atoms with E-state index in [-0.39, 0.29) is 5.54 Å². The van der Waals surface area contributed by atoms with E-state index in [4.69, 9.17) is 0 Å². The van der Waals surface area contributed by atoms with Crippen molar-refractivity contribution >= 4 is 0 Å². The number of nitrogens with zero attached hydrogens (tertiary/aromatic N) is 3. The molecular weight excluding hydrogens is 186 g/mol. The van der Waals surface area contributed by atoms with Gasteiger partial charge in [0.2, 0.25) is 0 Å². The lowest BCUT2D eigenvalue weighted by Crippen LogP contribution is -2.46. The predicted octanol–water partition coefficient (Wildman–Crippen LogP) is 1.46. The second-order valence-corrected chi connectivity index (χ2v) is 4.99. The molecule has 0 amide bonds. The minimum Gasteiger partial charge on any atom is -0.306 e. The zero-order valence-electron chi connectivity index (χ0n) is 9.71. The minimum atomic E-state index is -0.138. The number of likely N-dealkylation sites (tertiary alicyclic amines) is 2. The largest absolute Gasteiger partial charge is 0.306 e. The molecule has 0 bridgehead atoms. The second-order valence-electron chi connectivity index (χ2n) is 4.99. The molecule has 15 heavy (non-hydrogen) atoms. The highest BCUT2D eigenvalue weighted by Crippen LogP contribution is 2.31. The van der Waals surface area contributed by atoms with Gasteiger partial charge in [-0.2, -0.15) is 5.26 Å². The molecule has 0 aliphatic carbocycles. The van der Waals surface area contributed by atoms with Crippen molar-refractivity contribution in [3.63, 3.8) is 0 Å². The topological polar surface area (TPSA) is 30.3 Å². The fourth-order valence-corrected chi connectivity index (χ4v) is 2.90. The maximum Gasteiger partial charge on any atom is 0.110 e. The third-order valence-corrected chi connectivity index (χ3v) is 3.96. The molecule has 2 fully saturated rings. The Balaban J connectivity index is 2.09. The first-order valence-electron chi connectivity index (χ1n) is 6.12. The highest BCUT2D eigenvalue weighted by molar-refractivity contribution is 5.10. The van der Waals surface area contributed by atoms with Crippen LogP contribution in [0.3, 0.4) is 0 Å². The number of rotatable bonds is 1. The van der Waals surface area contributed by atoms with Crippen LogP contribution in [0.1, 0.15) is 32.1 Å². The van der Waals surface area contributed by atoms with Gasteiger partial charge in [-0.25, -0.2) is 0 Å². The van der Waals surface area contributed by atoms with Gasteiger partial charge < -0.3 is 4.90 Å². The zero-order chi connectivity index (χ0) is 10.7. The van der Waals surface area contributed by atoms with Gasteiger partial charge in [0, 0.05) is 6.54 Å². The van der Waals surface area contributed by atoms with Gasteiger partial charge >= 0.3 is 0 Å². The molecule has 3 heteroatoms. The zero-order valence-corrected chi connectivity index (χ0v) is 9.71. The maximum absolute atomic E-state index is 9.50. The Morgan fingerprint density at radius 3 is 2.40 bits per heavy atom. The van der Waals surface area contributed by atoms with Crippen molar-refractivity contribution in [1.29, 1.82) is 5.26 Å². The lowest BCUT2D eigenvalue weighted by Gasteiger charge is -2.35. The van der Waals surface area contributed by atoms with Gasteiger partial charge in [-0.1, -0.05) is 0 Å². The van der Waals surface area contributed by atoms with Crippen molar-refractivity contribution in [2.24, 2.45) is 0 Å². The molecule has 0 aromatic heterocycles. The van der Waals surface area contributed by atoms with Gasteiger partial charge in [-0.15, -0.1) is 0 Å². The first-order chi connectivity index (χ1) is 7.27. The van der Waals surface area contributed by atoms with Crippen LogP contribution in [0.5, 0.6) is 0 Å². The molecule has 1 atom stereocenters. The molecule has 2 rings (SSSR count). The highest BCUT2D eigenvalue weighted by atomic mass is 15.2. The van der Waals surface area contributed by atoms with E-state index in [1.807, 2.05) is 0 Å². The van der Waals surface area contributed by atoms with Gasteiger partial charge in [-0.3, -0.25) is 4.90 Å². The van der Waals surface area contributed by atoms with Crippen LogP contribution >= 0.6 is 0 Å². The molecule has 84 valence electrons. The SMILES string of the molecule is CN1CCCC(C#N)(N2CCCC2)CC1. The summed E-state index contributed by atoms with van der Waals surface area (Å²) in [5.74, 6) is 0. The Kier molecular flexibility index (Phi) is 3.28. The third kappa shape index (κ3) is 2.16. The van der Waals surface area contributed by atoms with E-state index >= 15 is 0 Å². The van der Waals surface area contributed by atoms with Crippen LogP contribution in [0.25, 0.3) is 0 Å². The van der Waals surface area contributed by atoms with Gasteiger partial charge in [0.05, 0.1) is 6.07 Å². The summed E-state index contributed by atoms with van der Waals surface area (Å²) in [6, 6.07) is 2.62. The lowest BCUT2D eigenvalue weighted by atomic mass is 9.90. The molecule has 2 heterocycles. The van der Waals surface area contributed by atoms with Crippen molar-refractivity contribution in [3.8, 4) is 6.07 Å². The Morgan fingerprint density at radius 1 is 1.00 bits per heavy atom. The van der Waals surface area contributed by atoms with Gasteiger partial charge in [-0.05, 0) is 58.8 Å². The summed E-state index contributed by atoms with van der Waals surface area (Å²) >= 11 is 0. The Morgan fingerprint density at radius 2 is 1.73 bits per heavy atom. The van der Waals surface area contributed by atoms with E-state index in [2.05, 4.69) is 22.9 Å². The van der Waals surface area contributed by atoms with Crippen LogP contribution in [0, 0.1) is 11.3 Å². The van der Waals surface area contributed by atoms with Crippen LogP contribution < -0.4 is 0 Å². The summed E-state index contributed by atoms with van der Waals surface area (Å²) in [6.45, 7) is 4.50. The first-order valence-corrected chi connectivity index (χ1v) is 6.12. The van der Waals surface area contributed by atoms with E-state index < -0.39 is 0 Å². The van der Waals surface area contributed by atoms with Crippen molar-refractivity contribution in [2.45, 2.75) is 37.6 Å². The van der Waals surface area contributed by atoms with Crippen LogP contribution in [0.15, 0.2) is 0 Å². The lowest BCUT2D eigenvalue weighted by molar-refractivity contribution is 0.153. The summed E-state index contributed by atoms with van der Waals surface area (Å²) in [5.41, 5.74) is -0.138. The Labute approximate surface area is 92.7 Å². The molecule has 1 unspecified atom stereocenters. The normalized spacial score (nSPS) is 34.9. The highest BCUT2D eigenvalue weighted by Gasteiger charge is 2.39. The van der Waals surface area contributed by atoms with E-state index in [9.17, 15) is 5.26 Å². The van der Waals surface area contributed by atoms with E-state index in [1.165, 1.54) is 19.3 Å². The average Bonchev–Trinajstić information content (AvgIpc) is 2.71. The fourth-order valence-electron chi connectivity index (χ4n) is 2.90. The minimum absolute atomic E-state index is 0.138. The second kappa shape index (κ2) is 4.51. The summed E-state index contributed by atoms with van der Waals surface area (Å²) < 4.78 is 0.